The van der Waals surface area contributed by atoms with Gasteiger partial charge in [-0.25, -0.2) is 0 Å². The zero-order valence-electron chi connectivity index (χ0n) is 12.6. The lowest BCUT2D eigenvalue weighted by molar-refractivity contribution is 0.0953. The van der Waals surface area contributed by atoms with Gasteiger partial charge >= 0.3 is 0 Å². The van der Waals surface area contributed by atoms with Crippen LogP contribution in [0.15, 0.2) is 61.4 Å². The zero-order chi connectivity index (χ0) is 15.6. The first kappa shape index (κ1) is 15.8. The number of aromatic nitrogens is 1. The molecule has 114 valence electrons. The highest BCUT2D eigenvalue weighted by atomic mass is 16.1. The van der Waals surface area contributed by atoms with Crippen LogP contribution in [-0.4, -0.2) is 24.0 Å². The van der Waals surface area contributed by atoms with Crippen molar-refractivity contribution in [2.24, 2.45) is 0 Å². The molecular weight excluding hydrogens is 274 g/mol. The summed E-state index contributed by atoms with van der Waals surface area (Å²) in [5.41, 5.74) is 2.67. The maximum absolute atomic E-state index is 12.1. The first-order valence-electron chi connectivity index (χ1n) is 7.41. The number of benzene rings is 1. The molecule has 1 amide bonds. The van der Waals surface area contributed by atoms with E-state index in [1.54, 1.807) is 24.5 Å². The van der Waals surface area contributed by atoms with Crippen molar-refractivity contribution in [3.05, 3.63) is 72.6 Å². The summed E-state index contributed by atoms with van der Waals surface area (Å²) in [6.07, 6.45) is 6.90. The standard InChI is InChI=1S/C18H21N3O/c1-2-10-20-17-12-16(13-19-14-17)18(22)21-11-6-9-15-7-4-3-5-8-15/h2-5,7-8,12-14,20H,1,6,9-11H2,(H,21,22). The zero-order valence-corrected chi connectivity index (χ0v) is 12.6. The second-order valence-electron chi connectivity index (χ2n) is 4.98. The molecule has 4 heteroatoms. The second-order valence-corrected chi connectivity index (χ2v) is 4.98. The predicted molar refractivity (Wildman–Crippen MR) is 90.0 cm³/mol. The van der Waals surface area contributed by atoms with Gasteiger partial charge in [-0.15, -0.1) is 6.58 Å². The maximum atomic E-state index is 12.1. The van der Waals surface area contributed by atoms with Crippen LogP contribution in [0.3, 0.4) is 0 Å². The maximum Gasteiger partial charge on any atom is 0.252 e. The lowest BCUT2D eigenvalue weighted by atomic mass is 10.1. The number of aryl methyl sites for hydroxylation is 1. The fourth-order valence-electron chi connectivity index (χ4n) is 2.09. The Morgan fingerprint density at radius 1 is 1.23 bits per heavy atom. The Hall–Kier alpha value is -2.62. The van der Waals surface area contributed by atoms with Crippen molar-refractivity contribution in [1.29, 1.82) is 0 Å². The lowest BCUT2D eigenvalue weighted by Gasteiger charge is -2.07. The van der Waals surface area contributed by atoms with E-state index in [-0.39, 0.29) is 5.91 Å². The summed E-state index contributed by atoms with van der Waals surface area (Å²) < 4.78 is 0. The molecule has 1 heterocycles. The van der Waals surface area contributed by atoms with Crippen molar-refractivity contribution < 1.29 is 4.79 Å². The molecule has 0 unspecified atom stereocenters. The van der Waals surface area contributed by atoms with Gasteiger partial charge in [0.2, 0.25) is 0 Å². The molecule has 0 saturated carbocycles. The molecule has 1 aromatic heterocycles. The third-order valence-electron chi connectivity index (χ3n) is 3.22. The van der Waals surface area contributed by atoms with Gasteiger partial charge in [-0.2, -0.15) is 0 Å². The minimum atomic E-state index is -0.0946. The SMILES string of the molecule is C=CCNc1cncc(C(=O)NCCCc2ccccc2)c1. The van der Waals surface area contributed by atoms with Gasteiger partial charge in [-0.05, 0) is 24.5 Å². The summed E-state index contributed by atoms with van der Waals surface area (Å²) in [5, 5.41) is 6.04. The molecule has 1 aromatic carbocycles. The first-order chi connectivity index (χ1) is 10.8. The largest absolute Gasteiger partial charge is 0.380 e. The summed E-state index contributed by atoms with van der Waals surface area (Å²) in [5.74, 6) is -0.0946. The predicted octanol–water partition coefficient (Wildman–Crippen LogP) is 3.04. The minimum Gasteiger partial charge on any atom is -0.380 e. The van der Waals surface area contributed by atoms with E-state index in [4.69, 9.17) is 0 Å². The number of anilines is 1. The van der Waals surface area contributed by atoms with E-state index < -0.39 is 0 Å². The van der Waals surface area contributed by atoms with Crippen molar-refractivity contribution in [3.8, 4) is 0 Å². The quantitative estimate of drug-likeness (QED) is 0.581. The average Bonchev–Trinajstić information content (AvgIpc) is 2.58. The molecule has 0 fully saturated rings. The number of hydrogen-bond acceptors (Lipinski definition) is 3. The number of pyridine rings is 1. The van der Waals surface area contributed by atoms with Gasteiger partial charge in [0.15, 0.2) is 0 Å². The average molecular weight is 295 g/mol. The molecule has 0 saturated heterocycles. The molecule has 4 nitrogen and oxygen atoms in total. The van der Waals surface area contributed by atoms with Gasteiger partial charge in [0.05, 0.1) is 11.3 Å². The molecule has 0 aliphatic heterocycles. The van der Waals surface area contributed by atoms with Crippen LogP contribution in [0.4, 0.5) is 5.69 Å². The lowest BCUT2D eigenvalue weighted by Crippen LogP contribution is -2.25. The summed E-state index contributed by atoms with van der Waals surface area (Å²) >= 11 is 0. The number of carbonyl (C=O) groups excluding carboxylic acids is 1. The normalized spacial score (nSPS) is 10.0. The van der Waals surface area contributed by atoms with Crippen molar-refractivity contribution in [1.82, 2.24) is 10.3 Å². The molecule has 2 rings (SSSR count). The van der Waals surface area contributed by atoms with Crippen LogP contribution in [0.25, 0.3) is 0 Å². The highest BCUT2D eigenvalue weighted by molar-refractivity contribution is 5.94. The van der Waals surface area contributed by atoms with Gasteiger partial charge in [0.25, 0.3) is 5.91 Å². The van der Waals surface area contributed by atoms with E-state index in [1.807, 2.05) is 18.2 Å². The Morgan fingerprint density at radius 3 is 2.82 bits per heavy atom. The highest BCUT2D eigenvalue weighted by Gasteiger charge is 2.06. The molecule has 0 bridgehead atoms. The fourth-order valence-corrected chi connectivity index (χ4v) is 2.09. The third-order valence-corrected chi connectivity index (χ3v) is 3.22. The van der Waals surface area contributed by atoms with E-state index in [0.29, 0.717) is 18.7 Å². The van der Waals surface area contributed by atoms with Gasteiger partial charge in [-0.3, -0.25) is 9.78 Å². The molecular formula is C18H21N3O. The van der Waals surface area contributed by atoms with E-state index in [2.05, 4.69) is 34.3 Å². The molecule has 0 spiro atoms. The van der Waals surface area contributed by atoms with Crippen LogP contribution in [-0.2, 0) is 6.42 Å². The van der Waals surface area contributed by atoms with Gasteiger partial charge in [-0.1, -0.05) is 36.4 Å². The number of nitrogens with one attached hydrogen (secondary N) is 2. The summed E-state index contributed by atoms with van der Waals surface area (Å²) in [6.45, 7) is 4.94. The van der Waals surface area contributed by atoms with E-state index in [9.17, 15) is 4.79 Å². The third kappa shape index (κ3) is 5.05. The molecule has 2 N–H and O–H groups in total. The van der Waals surface area contributed by atoms with Gasteiger partial charge in [0.1, 0.15) is 0 Å². The Balaban J connectivity index is 1.78. The van der Waals surface area contributed by atoms with Crippen LogP contribution >= 0.6 is 0 Å². The number of hydrogen-bond donors (Lipinski definition) is 2. The van der Waals surface area contributed by atoms with Crippen molar-refractivity contribution in [2.45, 2.75) is 12.8 Å². The fraction of sp³-hybridized carbons (Fsp3) is 0.222. The number of rotatable bonds is 8. The van der Waals surface area contributed by atoms with Crippen LogP contribution in [0, 0.1) is 0 Å². The van der Waals surface area contributed by atoms with E-state index in [1.165, 1.54) is 5.56 Å². The molecule has 0 atom stereocenters. The van der Waals surface area contributed by atoms with E-state index in [0.717, 1.165) is 18.5 Å². The van der Waals surface area contributed by atoms with Crippen LogP contribution in [0.2, 0.25) is 0 Å². The van der Waals surface area contributed by atoms with Crippen molar-refractivity contribution in [3.63, 3.8) is 0 Å². The Kier molecular flexibility index (Phi) is 6.18. The highest BCUT2D eigenvalue weighted by Crippen LogP contribution is 2.08. The van der Waals surface area contributed by atoms with Gasteiger partial charge < -0.3 is 10.6 Å². The van der Waals surface area contributed by atoms with E-state index >= 15 is 0 Å². The Bertz CT molecular complexity index is 611. The topological polar surface area (TPSA) is 54.0 Å². The molecule has 2 aromatic rings. The molecule has 0 aliphatic carbocycles. The number of amides is 1. The second kappa shape index (κ2) is 8.62. The summed E-state index contributed by atoms with van der Waals surface area (Å²) in [7, 11) is 0. The van der Waals surface area contributed by atoms with Gasteiger partial charge in [0, 0.05) is 25.5 Å². The minimum absolute atomic E-state index is 0.0946. The monoisotopic (exact) mass is 295 g/mol. The van der Waals surface area contributed by atoms with Crippen LogP contribution in [0.5, 0.6) is 0 Å². The molecule has 0 aliphatic rings. The first-order valence-corrected chi connectivity index (χ1v) is 7.41. The van der Waals surface area contributed by atoms with Crippen LogP contribution in [0.1, 0.15) is 22.3 Å². The molecule has 0 radical (unpaired) electrons. The molecule has 22 heavy (non-hydrogen) atoms. The summed E-state index contributed by atoms with van der Waals surface area (Å²) in [4.78, 5) is 16.2. The number of carbonyl (C=O) groups is 1. The Morgan fingerprint density at radius 2 is 2.05 bits per heavy atom. The Labute approximate surface area is 131 Å². The number of nitrogens with zero attached hydrogens (tertiary/aromatic N) is 1. The summed E-state index contributed by atoms with van der Waals surface area (Å²) in [6, 6.07) is 12.1. The smallest absolute Gasteiger partial charge is 0.252 e. The van der Waals surface area contributed by atoms with Crippen molar-refractivity contribution in [2.75, 3.05) is 18.4 Å². The van der Waals surface area contributed by atoms with Crippen LogP contribution < -0.4 is 10.6 Å². The van der Waals surface area contributed by atoms with Crippen molar-refractivity contribution >= 4 is 11.6 Å².